The average Bonchev–Trinajstić information content (AvgIpc) is 3.04. The van der Waals surface area contributed by atoms with Gasteiger partial charge in [-0.2, -0.15) is 0 Å². The molecule has 0 unspecified atom stereocenters. The monoisotopic (exact) mass is 692 g/mol. The van der Waals surface area contributed by atoms with Gasteiger partial charge in [0.05, 0.1) is 22.3 Å². The van der Waals surface area contributed by atoms with Crippen LogP contribution in [-0.4, -0.2) is 64.7 Å². The number of carboxylic acid groups (broad SMARTS) is 4. The molecule has 0 radical (unpaired) electrons. The number of carboxylic acids is 4. The lowest BCUT2D eigenvalue weighted by Gasteiger charge is -2.05. The van der Waals surface area contributed by atoms with Gasteiger partial charge >= 0.3 is 23.9 Å². The summed E-state index contributed by atoms with van der Waals surface area (Å²) in [5, 5.41) is 71.3. The lowest BCUT2D eigenvalue weighted by molar-refractivity contribution is 0.0684. The fraction of sp³-hybridized carbons (Fsp3) is 0.263. The van der Waals surface area contributed by atoms with E-state index >= 15 is 0 Å². The molecule has 0 aliphatic carbocycles. The van der Waals surface area contributed by atoms with Gasteiger partial charge in [-0.3, -0.25) is 0 Å². The largest absolute Gasteiger partial charge is 0.508 e. The summed E-state index contributed by atoms with van der Waals surface area (Å²) in [4.78, 5) is 42.6. The fourth-order valence-corrected chi connectivity index (χ4v) is 4.60. The van der Waals surface area contributed by atoms with Gasteiger partial charge in [0.2, 0.25) is 0 Å². The van der Waals surface area contributed by atoms with Crippen LogP contribution in [-0.2, 0) is 19.3 Å². The predicted molar refractivity (Wildman–Crippen MR) is 187 cm³/mol. The molecule has 0 aromatic heterocycles. The van der Waals surface area contributed by atoms with Crippen LogP contribution in [0.3, 0.4) is 0 Å². The maximum absolute atomic E-state index is 10.8. The highest BCUT2D eigenvalue weighted by Crippen LogP contribution is 2.20. The van der Waals surface area contributed by atoms with Gasteiger partial charge in [-0.1, -0.05) is 33.6 Å². The van der Waals surface area contributed by atoms with Gasteiger partial charge in [-0.25, -0.2) is 19.2 Å². The Hall–Kier alpha value is -6.04. The van der Waals surface area contributed by atoms with Crippen molar-refractivity contribution in [1.82, 2.24) is 0 Å². The number of phenolic OH excluding ortho intramolecular Hbond substituents is 4. The third kappa shape index (κ3) is 14.0. The van der Waals surface area contributed by atoms with Crippen molar-refractivity contribution >= 4 is 23.9 Å². The fourth-order valence-electron chi connectivity index (χ4n) is 4.60. The number of aryl methyl sites for hydroxylation is 4. The molecule has 0 amide bonds. The minimum atomic E-state index is -0.970. The summed E-state index contributed by atoms with van der Waals surface area (Å²) in [5.74, 6) is -3.35. The van der Waals surface area contributed by atoms with Gasteiger partial charge < -0.3 is 40.9 Å². The molecule has 0 spiro atoms. The lowest BCUT2D eigenvalue weighted by atomic mass is 10.0. The first-order valence-electron chi connectivity index (χ1n) is 15.7. The van der Waals surface area contributed by atoms with Crippen molar-refractivity contribution in [2.45, 2.75) is 66.2 Å². The molecule has 0 saturated carbocycles. The second-order valence-corrected chi connectivity index (χ2v) is 11.0. The second-order valence-electron chi connectivity index (χ2n) is 11.0. The molecule has 0 atom stereocenters. The Morgan fingerprint density at radius 1 is 0.460 bits per heavy atom. The number of aromatic carboxylic acids is 4. The lowest BCUT2D eigenvalue weighted by Crippen LogP contribution is -2.02. The standard InChI is InChI=1S/C11H14O3.C10H12O3.C9H10O3.C8H8O3/c1-2-3-4-8-7-9(12)5-6-10(8)11(13)14;1-2-3-7-6-8(11)4-5-9(7)10(12)13;1-2-6-5-7(10)3-4-8(6)9(11)12;1-5-4-6(9)2-3-7(5)8(10)11/h5-7,12H,2-4H2,1H3,(H,13,14);4-6,11H,2-3H2,1H3,(H,12,13);3-5,10H,2H2,1H3,(H,11,12);2-4,9H,1H3,(H,10,11). The topological polar surface area (TPSA) is 230 Å². The maximum atomic E-state index is 10.8. The summed E-state index contributed by atoms with van der Waals surface area (Å²) in [6, 6.07) is 17.1. The van der Waals surface area contributed by atoms with Crippen molar-refractivity contribution in [3.63, 3.8) is 0 Å². The molecule has 50 heavy (non-hydrogen) atoms. The van der Waals surface area contributed by atoms with E-state index in [0.717, 1.165) is 19.3 Å². The Bertz CT molecular complexity index is 1760. The maximum Gasteiger partial charge on any atom is 0.335 e. The normalized spacial score (nSPS) is 9.84. The van der Waals surface area contributed by atoms with Crippen molar-refractivity contribution in [2.24, 2.45) is 0 Å². The Kier molecular flexibility index (Phi) is 17.7. The van der Waals surface area contributed by atoms with Gasteiger partial charge in [0, 0.05) is 0 Å². The van der Waals surface area contributed by atoms with E-state index in [0.29, 0.717) is 41.5 Å². The van der Waals surface area contributed by atoms with Crippen LogP contribution in [0.2, 0.25) is 0 Å². The first-order chi connectivity index (χ1) is 23.6. The number of benzene rings is 4. The minimum absolute atomic E-state index is 0.0903. The van der Waals surface area contributed by atoms with E-state index in [1.54, 1.807) is 6.92 Å². The molecule has 0 aliphatic rings. The van der Waals surface area contributed by atoms with Crippen LogP contribution in [0.1, 0.15) is 104 Å². The van der Waals surface area contributed by atoms with Crippen molar-refractivity contribution in [3.8, 4) is 23.0 Å². The van der Waals surface area contributed by atoms with Crippen LogP contribution in [0.15, 0.2) is 72.8 Å². The number of carbonyl (C=O) groups is 4. The van der Waals surface area contributed by atoms with Crippen LogP contribution < -0.4 is 0 Å². The number of hydrogen-bond acceptors (Lipinski definition) is 8. The van der Waals surface area contributed by atoms with Crippen LogP contribution >= 0.6 is 0 Å². The van der Waals surface area contributed by atoms with Gasteiger partial charge in [0.1, 0.15) is 23.0 Å². The molecule has 268 valence electrons. The zero-order valence-corrected chi connectivity index (χ0v) is 28.4. The third-order valence-corrected chi connectivity index (χ3v) is 7.10. The minimum Gasteiger partial charge on any atom is -0.508 e. The SMILES string of the molecule is CCCCc1cc(O)ccc1C(=O)O.CCCc1cc(O)ccc1C(=O)O.CCc1cc(O)ccc1C(=O)O.Cc1cc(O)ccc1C(=O)O. The molecule has 0 fully saturated rings. The molecule has 0 bridgehead atoms. The van der Waals surface area contributed by atoms with Crippen molar-refractivity contribution in [3.05, 3.63) is 117 Å². The van der Waals surface area contributed by atoms with Gasteiger partial charge in [-0.15, -0.1) is 0 Å². The number of aromatic hydroxyl groups is 4. The Morgan fingerprint density at radius 3 is 1.14 bits per heavy atom. The van der Waals surface area contributed by atoms with E-state index in [4.69, 9.17) is 35.7 Å². The number of rotatable bonds is 10. The van der Waals surface area contributed by atoms with E-state index in [1.165, 1.54) is 72.8 Å². The molecule has 4 aromatic rings. The molecule has 12 heteroatoms. The summed E-state index contributed by atoms with van der Waals surface area (Å²) in [7, 11) is 0. The first-order valence-corrected chi connectivity index (χ1v) is 15.7. The van der Waals surface area contributed by atoms with E-state index in [2.05, 4.69) is 0 Å². The Morgan fingerprint density at radius 2 is 0.800 bits per heavy atom. The quantitative estimate of drug-likeness (QED) is 0.0806. The summed E-state index contributed by atoms with van der Waals surface area (Å²) < 4.78 is 0. The molecule has 12 nitrogen and oxygen atoms in total. The van der Waals surface area contributed by atoms with Crippen LogP contribution in [0.5, 0.6) is 23.0 Å². The van der Waals surface area contributed by atoms with E-state index in [1.807, 2.05) is 20.8 Å². The van der Waals surface area contributed by atoms with E-state index in [-0.39, 0.29) is 45.3 Å². The highest BCUT2D eigenvalue weighted by Gasteiger charge is 2.11. The van der Waals surface area contributed by atoms with Crippen molar-refractivity contribution in [2.75, 3.05) is 0 Å². The number of hydrogen-bond donors (Lipinski definition) is 8. The summed E-state index contributed by atoms with van der Waals surface area (Å²) in [5.41, 5.74) is 3.67. The third-order valence-electron chi connectivity index (χ3n) is 7.10. The molecule has 0 aliphatic heterocycles. The van der Waals surface area contributed by atoms with Crippen LogP contribution in [0, 0.1) is 6.92 Å². The number of unbranched alkanes of at least 4 members (excludes halogenated alkanes) is 1. The zero-order valence-electron chi connectivity index (χ0n) is 28.4. The molecule has 0 heterocycles. The van der Waals surface area contributed by atoms with Gasteiger partial charge in [0.15, 0.2) is 0 Å². The van der Waals surface area contributed by atoms with Crippen molar-refractivity contribution in [1.29, 1.82) is 0 Å². The number of phenols is 4. The highest BCUT2D eigenvalue weighted by molar-refractivity contribution is 5.91. The van der Waals surface area contributed by atoms with Crippen LogP contribution in [0.4, 0.5) is 0 Å². The van der Waals surface area contributed by atoms with Gasteiger partial charge in [0.25, 0.3) is 0 Å². The summed E-state index contributed by atoms with van der Waals surface area (Å²) in [6.07, 6.45) is 4.79. The second kappa shape index (κ2) is 21.0. The van der Waals surface area contributed by atoms with Crippen molar-refractivity contribution < 1.29 is 60.0 Å². The predicted octanol–water partition coefficient (Wildman–Crippen LogP) is 7.53. The molecule has 4 rings (SSSR count). The average molecular weight is 693 g/mol. The summed E-state index contributed by atoms with van der Waals surface area (Å²) in [6.45, 7) is 7.50. The smallest absolute Gasteiger partial charge is 0.335 e. The van der Waals surface area contributed by atoms with Crippen LogP contribution in [0.25, 0.3) is 0 Å². The van der Waals surface area contributed by atoms with E-state index < -0.39 is 23.9 Å². The molecule has 8 N–H and O–H groups in total. The zero-order chi connectivity index (χ0) is 38.0. The molecule has 0 saturated heterocycles. The molecular weight excluding hydrogens is 648 g/mol. The highest BCUT2D eigenvalue weighted by atomic mass is 16.4. The summed E-state index contributed by atoms with van der Waals surface area (Å²) >= 11 is 0. The van der Waals surface area contributed by atoms with Gasteiger partial charge in [-0.05, 0) is 128 Å². The molecule has 4 aromatic carbocycles. The Labute approximate surface area is 290 Å². The van der Waals surface area contributed by atoms with E-state index in [9.17, 15) is 24.3 Å². The molecular formula is C38H44O12. The first kappa shape index (κ1) is 42.0. The Balaban J connectivity index is 0.000000335.